The Balaban J connectivity index is 1.97. The second kappa shape index (κ2) is 4.14. The van der Waals surface area contributed by atoms with Crippen molar-refractivity contribution in [2.24, 2.45) is 5.92 Å². The van der Waals surface area contributed by atoms with E-state index in [1.807, 2.05) is 12.1 Å². The van der Waals surface area contributed by atoms with E-state index >= 15 is 0 Å². The Labute approximate surface area is 77.9 Å². The quantitative estimate of drug-likeness (QED) is 0.731. The smallest absolute Gasteiger partial charge is 0.151 e. The van der Waals surface area contributed by atoms with Gasteiger partial charge in [0.2, 0.25) is 0 Å². The largest absolute Gasteiger partial charge is 0.316 e. The molecule has 13 heavy (non-hydrogen) atoms. The lowest BCUT2D eigenvalue weighted by Crippen LogP contribution is -2.07. The summed E-state index contributed by atoms with van der Waals surface area (Å²) in [7, 11) is 0. The average molecular weight is 175 g/mol. The van der Waals surface area contributed by atoms with Crippen LogP contribution in [-0.4, -0.2) is 23.1 Å². The van der Waals surface area contributed by atoms with Crippen LogP contribution in [0.3, 0.4) is 0 Å². The van der Waals surface area contributed by atoms with Crippen LogP contribution >= 0.6 is 0 Å². The van der Waals surface area contributed by atoms with Gasteiger partial charge in [0.1, 0.15) is 0 Å². The maximum Gasteiger partial charge on any atom is 0.151 e. The Hall–Kier alpha value is -1.22. The molecule has 0 amide bonds. The topological polar surface area (TPSA) is 37.8 Å². The van der Waals surface area contributed by atoms with Crippen LogP contribution < -0.4 is 5.32 Å². The van der Waals surface area contributed by atoms with Crippen LogP contribution in [0.1, 0.15) is 12.2 Å². The van der Waals surface area contributed by atoms with Crippen molar-refractivity contribution < 1.29 is 0 Å². The predicted molar refractivity (Wildman–Crippen MR) is 52.0 cm³/mol. The molecule has 68 valence electrons. The highest BCUT2D eigenvalue weighted by Crippen LogP contribution is 2.09. The zero-order chi connectivity index (χ0) is 8.93. The van der Waals surface area contributed by atoms with Crippen LogP contribution in [-0.2, 0) is 0 Å². The first kappa shape index (κ1) is 8.38. The van der Waals surface area contributed by atoms with Crippen LogP contribution in [0.25, 0.3) is 6.08 Å². The highest BCUT2D eigenvalue weighted by Gasteiger charge is 2.10. The highest BCUT2D eigenvalue weighted by atomic mass is 14.9. The summed E-state index contributed by atoms with van der Waals surface area (Å²) in [6.45, 7) is 2.22. The van der Waals surface area contributed by atoms with E-state index in [0.29, 0.717) is 5.92 Å². The molecule has 0 saturated carbocycles. The Morgan fingerprint density at radius 3 is 2.92 bits per heavy atom. The van der Waals surface area contributed by atoms with E-state index in [-0.39, 0.29) is 0 Å². The van der Waals surface area contributed by atoms with E-state index in [4.69, 9.17) is 0 Å². The van der Waals surface area contributed by atoms with Crippen LogP contribution in [0.2, 0.25) is 0 Å². The highest BCUT2D eigenvalue weighted by molar-refractivity contribution is 5.39. The van der Waals surface area contributed by atoms with E-state index in [1.165, 1.54) is 6.42 Å². The summed E-state index contributed by atoms with van der Waals surface area (Å²) in [6.07, 6.45) is 8.94. The Kier molecular flexibility index (Phi) is 2.67. The molecular formula is C10H13N3. The fourth-order valence-corrected chi connectivity index (χ4v) is 1.46. The molecule has 1 aromatic rings. The van der Waals surface area contributed by atoms with Crippen LogP contribution in [0.4, 0.5) is 0 Å². The van der Waals surface area contributed by atoms with Crippen molar-refractivity contribution >= 4 is 6.08 Å². The number of rotatable bonds is 2. The zero-order valence-corrected chi connectivity index (χ0v) is 7.48. The van der Waals surface area contributed by atoms with Gasteiger partial charge in [0, 0.05) is 18.9 Å². The van der Waals surface area contributed by atoms with Gasteiger partial charge in [-0.25, -0.2) is 9.97 Å². The van der Waals surface area contributed by atoms with Crippen molar-refractivity contribution in [3.63, 3.8) is 0 Å². The number of hydrogen-bond acceptors (Lipinski definition) is 3. The van der Waals surface area contributed by atoms with Gasteiger partial charge in [-0.3, -0.25) is 0 Å². The lowest BCUT2D eigenvalue weighted by atomic mass is 10.1. The molecule has 1 aliphatic heterocycles. The summed E-state index contributed by atoms with van der Waals surface area (Å²) in [5.74, 6) is 1.46. The van der Waals surface area contributed by atoms with E-state index in [0.717, 1.165) is 18.9 Å². The maximum atomic E-state index is 4.12. The molecule has 0 aliphatic carbocycles. The molecule has 0 spiro atoms. The molecule has 1 aromatic heterocycles. The van der Waals surface area contributed by atoms with Crippen molar-refractivity contribution in [2.75, 3.05) is 13.1 Å². The average Bonchev–Trinajstić information content (AvgIpc) is 2.69. The summed E-state index contributed by atoms with van der Waals surface area (Å²) in [6, 6.07) is 1.83. The molecular weight excluding hydrogens is 162 g/mol. The SMILES string of the molecule is C(=C\[C@H]1CCNC1)/c1ncccn1. The van der Waals surface area contributed by atoms with Gasteiger partial charge in [0.25, 0.3) is 0 Å². The summed E-state index contributed by atoms with van der Waals surface area (Å²) < 4.78 is 0. The first-order valence-corrected chi connectivity index (χ1v) is 4.61. The van der Waals surface area contributed by atoms with Gasteiger partial charge in [-0.2, -0.15) is 0 Å². The minimum Gasteiger partial charge on any atom is -0.316 e. The summed E-state index contributed by atoms with van der Waals surface area (Å²) in [5, 5.41) is 3.32. The monoisotopic (exact) mass is 175 g/mol. The maximum absolute atomic E-state index is 4.12. The van der Waals surface area contributed by atoms with Gasteiger partial charge in [-0.05, 0) is 31.0 Å². The Morgan fingerprint density at radius 1 is 1.38 bits per heavy atom. The van der Waals surface area contributed by atoms with Crippen molar-refractivity contribution in [1.82, 2.24) is 15.3 Å². The number of aromatic nitrogens is 2. The molecule has 2 heterocycles. The van der Waals surface area contributed by atoms with Crippen LogP contribution in [0, 0.1) is 5.92 Å². The molecule has 1 fully saturated rings. The van der Waals surface area contributed by atoms with Crippen LogP contribution in [0.5, 0.6) is 0 Å². The predicted octanol–water partition coefficient (Wildman–Crippen LogP) is 1.10. The molecule has 0 radical (unpaired) electrons. The minimum absolute atomic E-state index is 0.656. The van der Waals surface area contributed by atoms with E-state index < -0.39 is 0 Å². The van der Waals surface area contributed by atoms with Crippen LogP contribution in [0.15, 0.2) is 24.5 Å². The molecule has 1 aliphatic rings. The van der Waals surface area contributed by atoms with Gasteiger partial charge in [0.05, 0.1) is 0 Å². The molecule has 0 unspecified atom stereocenters. The molecule has 3 heteroatoms. The molecule has 3 nitrogen and oxygen atoms in total. The normalized spacial score (nSPS) is 22.6. The van der Waals surface area contributed by atoms with Crippen molar-refractivity contribution in [3.05, 3.63) is 30.4 Å². The fraction of sp³-hybridized carbons (Fsp3) is 0.400. The third-order valence-corrected chi connectivity index (χ3v) is 2.20. The fourth-order valence-electron chi connectivity index (χ4n) is 1.46. The second-order valence-corrected chi connectivity index (χ2v) is 3.22. The van der Waals surface area contributed by atoms with E-state index in [2.05, 4.69) is 21.4 Å². The number of nitrogens with one attached hydrogen (secondary N) is 1. The number of nitrogens with zero attached hydrogens (tertiary/aromatic N) is 2. The number of hydrogen-bond donors (Lipinski definition) is 1. The summed E-state index contributed by atoms with van der Waals surface area (Å²) in [4.78, 5) is 8.24. The first-order valence-electron chi connectivity index (χ1n) is 4.61. The van der Waals surface area contributed by atoms with Gasteiger partial charge in [-0.15, -0.1) is 0 Å². The Morgan fingerprint density at radius 2 is 2.23 bits per heavy atom. The standard InChI is InChI=1S/C10H13N3/c1-5-12-10(13-6-1)3-2-9-4-7-11-8-9/h1-3,5-6,9,11H,4,7-8H2/b3-2+/t9-/m0/s1. The first-order chi connectivity index (χ1) is 6.45. The summed E-state index contributed by atoms with van der Waals surface area (Å²) in [5.41, 5.74) is 0. The van der Waals surface area contributed by atoms with Crippen molar-refractivity contribution in [3.8, 4) is 0 Å². The van der Waals surface area contributed by atoms with E-state index in [9.17, 15) is 0 Å². The van der Waals surface area contributed by atoms with Gasteiger partial charge >= 0.3 is 0 Å². The van der Waals surface area contributed by atoms with Crippen molar-refractivity contribution in [1.29, 1.82) is 0 Å². The van der Waals surface area contributed by atoms with Gasteiger partial charge in [0.15, 0.2) is 5.82 Å². The molecule has 1 atom stereocenters. The van der Waals surface area contributed by atoms with E-state index in [1.54, 1.807) is 12.4 Å². The minimum atomic E-state index is 0.656. The molecule has 1 saturated heterocycles. The lowest BCUT2D eigenvalue weighted by molar-refractivity contribution is 0.731. The lowest BCUT2D eigenvalue weighted by Gasteiger charge is -1.97. The van der Waals surface area contributed by atoms with Crippen molar-refractivity contribution in [2.45, 2.75) is 6.42 Å². The third kappa shape index (κ3) is 2.36. The Bertz CT molecular complexity index is 275. The molecule has 0 aromatic carbocycles. The molecule has 2 rings (SSSR count). The van der Waals surface area contributed by atoms with Gasteiger partial charge in [-0.1, -0.05) is 6.08 Å². The second-order valence-electron chi connectivity index (χ2n) is 3.22. The third-order valence-electron chi connectivity index (χ3n) is 2.20. The molecule has 1 N–H and O–H groups in total. The van der Waals surface area contributed by atoms with Gasteiger partial charge < -0.3 is 5.32 Å². The summed E-state index contributed by atoms with van der Waals surface area (Å²) >= 11 is 0. The molecule has 0 bridgehead atoms. The zero-order valence-electron chi connectivity index (χ0n) is 7.48.